The van der Waals surface area contributed by atoms with E-state index in [0.717, 1.165) is 0 Å². The summed E-state index contributed by atoms with van der Waals surface area (Å²) in [7, 11) is 0. The first kappa shape index (κ1) is 15.5. The van der Waals surface area contributed by atoms with Crippen LogP contribution in [0.15, 0.2) is 24.3 Å². The number of carbonyl (C=O) groups excluding carboxylic acids is 1. The van der Waals surface area contributed by atoms with Gasteiger partial charge in [0.15, 0.2) is 0 Å². The Bertz CT molecular complexity index is 541. The molecular formula is C17H23NO3. The highest BCUT2D eigenvalue weighted by atomic mass is 16.4. The summed E-state index contributed by atoms with van der Waals surface area (Å²) in [4.78, 5) is 25.4. The Morgan fingerprint density at radius 3 is 2.62 bits per heavy atom. The van der Waals surface area contributed by atoms with Gasteiger partial charge in [0.1, 0.15) is 0 Å². The van der Waals surface area contributed by atoms with Crippen LogP contribution in [0.25, 0.3) is 0 Å². The van der Waals surface area contributed by atoms with Gasteiger partial charge in [-0.3, -0.25) is 9.59 Å². The van der Waals surface area contributed by atoms with E-state index in [1.54, 1.807) is 4.90 Å². The highest BCUT2D eigenvalue weighted by Crippen LogP contribution is 2.34. The Hall–Kier alpha value is -1.84. The zero-order valence-corrected chi connectivity index (χ0v) is 12.8. The smallest absolute Gasteiger partial charge is 0.311 e. The lowest BCUT2D eigenvalue weighted by atomic mass is 9.84. The van der Waals surface area contributed by atoms with Gasteiger partial charge in [0.2, 0.25) is 5.91 Å². The third-order valence-corrected chi connectivity index (χ3v) is 4.71. The second kappa shape index (κ2) is 6.29. The van der Waals surface area contributed by atoms with E-state index < -0.39 is 11.4 Å². The van der Waals surface area contributed by atoms with Gasteiger partial charge < -0.3 is 10.0 Å². The Morgan fingerprint density at radius 1 is 1.33 bits per heavy atom. The monoisotopic (exact) mass is 289 g/mol. The summed E-state index contributed by atoms with van der Waals surface area (Å²) in [5.41, 5.74) is 1.64. The summed E-state index contributed by atoms with van der Waals surface area (Å²) in [5, 5.41) is 9.37. The molecule has 1 N–H and O–H groups in total. The average molecular weight is 289 g/mol. The molecule has 1 atom stereocenters. The fourth-order valence-corrected chi connectivity index (χ4v) is 2.99. The van der Waals surface area contributed by atoms with Crippen LogP contribution in [0.2, 0.25) is 0 Å². The van der Waals surface area contributed by atoms with Crippen LogP contribution in [0.1, 0.15) is 37.3 Å². The summed E-state index contributed by atoms with van der Waals surface area (Å²) in [6, 6.07) is 8.06. The van der Waals surface area contributed by atoms with Gasteiger partial charge in [0.25, 0.3) is 0 Å². The molecule has 1 heterocycles. The van der Waals surface area contributed by atoms with Crippen molar-refractivity contribution in [2.24, 2.45) is 5.41 Å². The minimum absolute atomic E-state index is 0.0647. The highest BCUT2D eigenvalue weighted by molar-refractivity contribution is 5.80. The molecule has 1 amide bonds. The first-order valence-corrected chi connectivity index (χ1v) is 7.54. The lowest BCUT2D eigenvalue weighted by molar-refractivity contribution is -0.148. The van der Waals surface area contributed by atoms with Gasteiger partial charge in [-0.25, -0.2) is 0 Å². The van der Waals surface area contributed by atoms with E-state index in [4.69, 9.17) is 0 Å². The van der Waals surface area contributed by atoms with Crippen molar-refractivity contribution in [2.45, 2.75) is 39.5 Å². The van der Waals surface area contributed by atoms with Gasteiger partial charge in [0, 0.05) is 19.5 Å². The number of benzene rings is 1. The predicted molar refractivity (Wildman–Crippen MR) is 81.1 cm³/mol. The van der Waals surface area contributed by atoms with Gasteiger partial charge in [-0.2, -0.15) is 0 Å². The molecule has 1 saturated heterocycles. The fourth-order valence-electron chi connectivity index (χ4n) is 2.99. The zero-order valence-electron chi connectivity index (χ0n) is 12.8. The number of carbonyl (C=O) groups is 2. The van der Waals surface area contributed by atoms with Crippen molar-refractivity contribution < 1.29 is 14.7 Å². The molecule has 0 spiro atoms. The zero-order chi connectivity index (χ0) is 15.5. The molecule has 0 radical (unpaired) electrons. The third kappa shape index (κ3) is 3.26. The van der Waals surface area contributed by atoms with Gasteiger partial charge in [-0.1, -0.05) is 31.2 Å². The molecule has 1 aromatic carbocycles. The number of carboxylic acids is 1. The van der Waals surface area contributed by atoms with Crippen LogP contribution in [-0.2, 0) is 16.0 Å². The Morgan fingerprint density at radius 2 is 2.05 bits per heavy atom. The number of aliphatic carboxylic acids is 1. The van der Waals surface area contributed by atoms with E-state index in [0.29, 0.717) is 38.8 Å². The molecule has 4 heteroatoms. The quantitative estimate of drug-likeness (QED) is 0.906. The summed E-state index contributed by atoms with van der Waals surface area (Å²) in [5.74, 6) is -0.714. The minimum atomic E-state index is -0.779. The second-order valence-corrected chi connectivity index (χ2v) is 5.93. The largest absolute Gasteiger partial charge is 0.481 e. The van der Waals surface area contributed by atoms with E-state index in [1.165, 1.54) is 11.1 Å². The number of hydrogen-bond acceptors (Lipinski definition) is 2. The van der Waals surface area contributed by atoms with E-state index >= 15 is 0 Å². The normalized spacial score (nSPS) is 21.5. The lowest BCUT2D eigenvalue weighted by Crippen LogP contribution is -2.36. The molecule has 1 fully saturated rings. The summed E-state index contributed by atoms with van der Waals surface area (Å²) < 4.78 is 0. The van der Waals surface area contributed by atoms with E-state index in [2.05, 4.69) is 0 Å². The molecule has 2 rings (SSSR count). The van der Waals surface area contributed by atoms with Crippen molar-refractivity contribution in [3.8, 4) is 0 Å². The number of nitrogens with zero attached hydrogens (tertiary/aromatic N) is 1. The van der Waals surface area contributed by atoms with Crippen LogP contribution < -0.4 is 0 Å². The molecule has 21 heavy (non-hydrogen) atoms. The molecule has 0 aliphatic carbocycles. The first-order valence-electron chi connectivity index (χ1n) is 7.54. The second-order valence-electron chi connectivity index (χ2n) is 5.93. The molecule has 1 aromatic rings. The van der Waals surface area contributed by atoms with E-state index in [9.17, 15) is 14.7 Å². The van der Waals surface area contributed by atoms with Crippen LogP contribution in [0.3, 0.4) is 0 Å². The summed E-state index contributed by atoms with van der Waals surface area (Å²) in [6.45, 7) is 4.84. The minimum Gasteiger partial charge on any atom is -0.481 e. The maximum Gasteiger partial charge on any atom is 0.311 e. The van der Waals surface area contributed by atoms with Crippen molar-refractivity contribution >= 4 is 11.9 Å². The standard InChI is InChI=1S/C17H23NO3/c1-3-17(16(20)21)10-11-18(12-17)15(19)9-8-14-7-5-4-6-13(14)2/h4-7H,3,8-12H2,1-2H3,(H,20,21). The van der Waals surface area contributed by atoms with E-state index in [1.807, 2.05) is 38.1 Å². The summed E-state index contributed by atoms with van der Waals surface area (Å²) >= 11 is 0. The van der Waals surface area contributed by atoms with Gasteiger partial charge in [0.05, 0.1) is 5.41 Å². The van der Waals surface area contributed by atoms with Crippen molar-refractivity contribution in [1.29, 1.82) is 0 Å². The summed E-state index contributed by atoms with van der Waals surface area (Å²) in [6.07, 6.45) is 2.30. The van der Waals surface area contributed by atoms with Crippen molar-refractivity contribution in [3.05, 3.63) is 35.4 Å². The molecular weight excluding hydrogens is 266 g/mol. The number of rotatable bonds is 5. The number of hydrogen-bond donors (Lipinski definition) is 1. The van der Waals surface area contributed by atoms with Gasteiger partial charge >= 0.3 is 5.97 Å². The average Bonchev–Trinajstić information content (AvgIpc) is 2.92. The van der Waals surface area contributed by atoms with Crippen LogP contribution in [-0.4, -0.2) is 35.0 Å². The van der Waals surface area contributed by atoms with Gasteiger partial charge in [-0.15, -0.1) is 0 Å². The highest BCUT2D eigenvalue weighted by Gasteiger charge is 2.44. The van der Waals surface area contributed by atoms with Crippen LogP contribution in [0, 0.1) is 12.3 Å². The van der Waals surface area contributed by atoms with Crippen LogP contribution in [0.5, 0.6) is 0 Å². The Kier molecular flexibility index (Phi) is 4.66. The molecule has 1 unspecified atom stereocenters. The number of likely N-dealkylation sites (tertiary alicyclic amines) is 1. The fraction of sp³-hybridized carbons (Fsp3) is 0.529. The first-order chi connectivity index (χ1) is 9.98. The van der Waals surface area contributed by atoms with Crippen molar-refractivity contribution in [1.82, 2.24) is 4.90 Å². The van der Waals surface area contributed by atoms with Crippen LogP contribution >= 0.6 is 0 Å². The van der Waals surface area contributed by atoms with E-state index in [-0.39, 0.29) is 5.91 Å². The molecule has 0 bridgehead atoms. The van der Waals surface area contributed by atoms with Gasteiger partial charge in [-0.05, 0) is 37.3 Å². The van der Waals surface area contributed by atoms with Crippen molar-refractivity contribution in [2.75, 3.05) is 13.1 Å². The number of amides is 1. The molecule has 114 valence electrons. The maximum atomic E-state index is 12.3. The molecule has 4 nitrogen and oxygen atoms in total. The Balaban J connectivity index is 1.94. The predicted octanol–water partition coefficient (Wildman–Crippen LogP) is 2.64. The Labute approximate surface area is 125 Å². The number of carboxylic acid groups (broad SMARTS) is 1. The molecule has 0 saturated carbocycles. The van der Waals surface area contributed by atoms with Crippen molar-refractivity contribution in [3.63, 3.8) is 0 Å². The number of aryl methyl sites for hydroxylation is 2. The maximum absolute atomic E-state index is 12.3. The molecule has 1 aliphatic heterocycles. The lowest BCUT2D eigenvalue weighted by Gasteiger charge is -2.23. The topological polar surface area (TPSA) is 57.6 Å². The molecule has 1 aliphatic rings. The molecule has 0 aromatic heterocycles. The third-order valence-electron chi connectivity index (χ3n) is 4.71. The van der Waals surface area contributed by atoms with Crippen LogP contribution in [0.4, 0.5) is 0 Å². The SMILES string of the molecule is CCC1(C(=O)O)CCN(C(=O)CCc2ccccc2C)C1.